The van der Waals surface area contributed by atoms with Crippen LogP contribution in [0.1, 0.15) is 6.42 Å². The third-order valence-corrected chi connectivity index (χ3v) is 3.41. The normalized spacial score (nSPS) is 12.7. The van der Waals surface area contributed by atoms with Crippen LogP contribution in [0.2, 0.25) is 0 Å². The number of anilines is 1. The molecule has 116 valence electrons. The van der Waals surface area contributed by atoms with E-state index in [-0.39, 0.29) is 5.69 Å². The van der Waals surface area contributed by atoms with Crippen LogP contribution in [0.4, 0.5) is 11.4 Å². The predicted molar refractivity (Wildman–Crippen MR) is 71.2 cm³/mol. The van der Waals surface area contributed by atoms with Gasteiger partial charge in [0.05, 0.1) is 28.9 Å². The number of hydrogen-bond acceptors (Lipinski definition) is 7. The Morgan fingerprint density at radius 2 is 2.10 bits per heavy atom. The molecule has 10 nitrogen and oxygen atoms in total. The smallest absolute Gasteiger partial charge is 0.305 e. The molecule has 1 rings (SSSR count). The quantitative estimate of drug-likeness (QED) is 0.384. The molecular weight excluding hydrogens is 306 g/mol. The lowest BCUT2D eigenvalue weighted by molar-refractivity contribution is -0.384. The van der Waals surface area contributed by atoms with Crippen LogP contribution < -0.4 is 10.5 Å². The van der Waals surface area contributed by atoms with Crippen molar-refractivity contribution < 1.29 is 28.3 Å². The van der Waals surface area contributed by atoms with Gasteiger partial charge in [0.1, 0.15) is 5.69 Å². The number of carboxylic acid groups (broad SMARTS) is 1. The molecular formula is C10H13N3O7S. The Hall–Kier alpha value is -2.24. The zero-order valence-electron chi connectivity index (χ0n) is 10.6. The molecule has 1 aromatic rings. The zero-order chi connectivity index (χ0) is 16.2. The number of aliphatic hydroxyl groups excluding tert-OH is 1. The summed E-state index contributed by atoms with van der Waals surface area (Å²) in [5, 5.41) is 36.0. The van der Waals surface area contributed by atoms with Gasteiger partial charge in [-0.15, -0.1) is 0 Å². The highest BCUT2D eigenvalue weighted by molar-refractivity contribution is 7.89. The average molecular weight is 319 g/mol. The summed E-state index contributed by atoms with van der Waals surface area (Å²) in [6.45, 7) is -0.569. The molecule has 1 aromatic carbocycles. The van der Waals surface area contributed by atoms with E-state index in [0.717, 1.165) is 18.2 Å². The van der Waals surface area contributed by atoms with Crippen LogP contribution in [-0.2, 0) is 14.8 Å². The fraction of sp³-hybridized carbons (Fsp3) is 0.300. The molecule has 0 unspecified atom stereocenters. The van der Waals surface area contributed by atoms with Crippen molar-refractivity contribution in [3.8, 4) is 0 Å². The molecule has 0 aliphatic carbocycles. The average Bonchev–Trinajstić information content (AvgIpc) is 2.36. The van der Waals surface area contributed by atoms with Crippen molar-refractivity contribution in [3.05, 3.63) is 28.3 Å². The number of nitrogens with two attached hydrogens (primary N) is 1. The molecule has 0 aromatic heterocycles. The van der Waals surface area contributed by atoms with Crippen molar-refractivity contribution in [2.24, 2.45) is 5.14 Å². The number of rotatable bonds is 7. The molecule has 21 heavy (non-hydrogen) atoms. The van der Waals surface area contributed by atoms with Crippen LogP contribution >= 0.6 is 0 Å². The van der Waals surface area contributed by atoms with E-state index < -0.39 is 50.6 Å². The number of aliphatic hydroxyl groups is 1. The largest absolute Gasteiger partial charge is 0.481 e. The van der Waals surface area contributed by atoms with Crippen LogP contribution in [-0.4, -0.2) is 42.2 Å². The van der Waals surface area contributed by atoms with E-state index >= 15 is 0 Å². The van der Waals surface area contributed by atoms with Gasteiger partial charge in [-0.25, -0.2) is 13.6 Å². The van der Waals surface area contributed by atoms with Crippen LogP contribution in [0.3, 0.4) is 0 Å². The number of sulfonamides is 1. The van der Waals surface area contributed by atoms with Crippen LogP contribution in [0, 0.1) is 10.1 Å². The van der Waals surface area contributed by atoms with E-state index in [4.69, 9.17) is 15.4 Å². The van der Waals surface area contributed by atoms with Gasteiger partial charge in [0.25, 0.3) is 5.69 Å². The maximum Gasteiger partial charge on any atom is 0.305 e. The molecule has 11 heteroatoms. The first-order valence-electron chi connectivity index (χ1n) is 5.55. The first kappa shape index (κ1) is 16.8. The summed E-state index contributed by atoms with van der Waals surface area (Å²) in [5.74, 6) is -1.20. The third kappa shape index (κ3) is 4.66. The number of carboxylic acids is 1. The third-order valence-electron chi connectivity index (χ3n) is 2.50. The summed E-state index contributed by atoms with van der Waals surface area (Å²) in [6, 6.07) is 1.93. The van der Waals surface area contributed by atoms with Crippen molar-refractivity contribution in [3.63, 3.8) is 0 Å². The second-order valence-electron chi connectivity index (χ2n) is 4.10. The Labute approximate surface area is 119 Å². The molecule has 0 aliphatic rings. The molecule has 0 amide bonds. The number of carbonyl (C=O) groups is 1. The van der Waals surface area contributed by atoms with E-state index in [9.17, 15) is 23.3 Å². The lowest BCUT2D eigenvalue weighted by Crippen LogP contribution is -2.27. The number of hydrogen-bond donors (Lipinski definition) is 4. The van der Waals surface area contributed by atoms with E-state index in [2.05, 4.69) is 5.32 Å². The van der Waals surface area contributed by atoms with Gasteiger partial charge in [0.2, 0.25) is 10.0 Å². The maximum absolute atomic E-state index is 11.2. The van der Waals surface area contributed by atoms with Gasteiger partial charge in [-0.1, -0.05) is 0 Å². The fourth-order valence-corrected chi connectivity index (χ4v) is 2.09. The molecule has 1 atom stereocenters. The van der Waals surface area contributed by atoms with Crippen molar-refractivity contribution >= 4 is 27.4 Å². The zero-order valence-corrected chi connectivity index (χ0v) is 11.4. The van der Waals surface area contributed by atoms with Gasteiger partial charge in [-0.3, -0.25) is 14.9 Å². The Kier molecular flexibility index (Phi) is 5.18. The molecule has 0 saturated heterocycles. The van der Waals surface area contributed by atoms with Crippen LogP contribution in [0.25, 0.3) is 0 Å². The van der Waals surface area contributed by atoms with E-state index in [0.29, 0.717) is 0 Å². The first-order valence-corrected chi connectivity index (χ1v) is 7.10. The summed E-state index contributed by atoms with van der Waals surface area (Å²) in [6.07, 6.45) is -0.468. The Bertz CT molecular complexity index is 659. The Morgan fingerprint density at radius 3 is 2.52 bits per heavy atom. The molecule has 0 bridgehead atoms. The minimum Gasteiger partial charge on any atom is -0.481 e. The molecule has 0 saturated carbocycles. The second kappa shape index (κ2) is 6.47. The van der Waals surface area contributed by atoms with E-state index in [1.165, 1.54) is 0 Å². The second-order valence-corrected chi connectivity index (χ2v) is 5.66. The summed E-state index contributed by atoms with van der Waals surface area (Å²) in [4.78, 5) is 20.2. The monoisotopic (exact) mass is 319 g/mol. The summed E-state index contributed by atoms with van der Waals surface area (Å²) in [7, 11) is -4.10. The lowest BCUT2D eigenvalue weighted by Gasteiger charge is -2.15. The number of nitrogens with one attached hydrogen (secondary N) is 1. The van der Waals surface area contributed by atoms with Crippen molar-refractivity contribution in [1.82, 2.24) is 0 Å². The fourth-order valence-electron chi connectivity index (χ4n) is 1.55. The van der Waals surface area contributed by atoms with Crippen molar-refractivity contribution in [2.75, 3.05) is 11.9 Å². The molecule has 0 aliphatic heterocycles. The van der Waals surface area contributed by atoms with E-state index in [1.807, 2.05) is 0 Å². The number of primary sulfonamides is 1. The van der Waals surface area contributed by atoms with E-state index in [1.54, 1.807) is 0 Å². The summed E-state index contributed by atoms with van der Waals surface area (Å²) >= 11 is 0. The summed E-state index contributed by atoms with van der Waals surface area (Å²) < 4.78 is 22.3. The van der Waals surface area contributed by atoms with Gasteiger partial charge >= 0.3 is 5.97 Å². The minimum atomic E-state index is -4.10. The molecule has 0 radical (unpaired) electrons. The van der Waals surface area contributed by atoms with Crippen molar-refractivity contribution in [1.29, 1.82) is 0 Å². The van der Waals surface area contributed by atoms with Gasteiger partial charge < -0.3 is 15.5 Å². The van der Waals surface area contributed by atoms with Crippen molar-refractivity contribution in [2.45, 2.75) is 17.4 Å². The SMILES string of the molecule is NS(=O)(=O)c1ccc(N[C@H](CO)CC(=O)O)c([N+](=O)[O-])c1. The standard InChI is InChI=1S/C10H13N3O7S/c11-21(19,20)7-1-2-8(9(4-7)13(17)18)12-6(5-14)3-10(15)16/h1-2,4,6,12,14H,3,5H2,(H,15,16)(H2,11,19,20)/t6-/m0/s1. The van der Waals surface area contributed by atoms with Gasteiger partial charge in [0, 0.05) is 6.07 Å². The molecule has 0 fully saturated rings. The maximum atomic E-state index is 11.2. The lowest BCUT2D eigenvalue weighted by atomic mass is 10.2. The number of aliphatic carboxylic acids is 1. The number of nitro groups is 1. The molecule has 0 spiro atoms. The highest BCUT2D eigenvalue weighted by Gasteiger charge is 2.21. The Morgan fingerprint density at radius 1 is 1.48 bits per heavy atom. The van der Waals surface area contributed by atoms with Gasteiger partial charge in [-0.05, 0) is 12.1 Å². The number of nitro benzene ring substituents is 1. The van der Waals surface area contributed by atoms with Gasteiger partial charge in [-0.2, -0.15) is 0 Å². The highest BCUT2D eigenvalue weighted by atomic mass is 32.2. The summed E-state index contributed by atoms with van der Waals surface area (Å²) in [5.41, 5.74) is -0.710. The minimum absolute atomic E-state index is 0.118. The highest BCUT2D eigenvalue weighted by Crippen LogP contribution is 2.28. The molecule has 0 heterocycles. The predicted octanol–water partition coefficient (Wildman–Crippen LogP) is -0.510. The van der Waals surface area contributed by atoms with Gasteiger partial charge in [0.15, 0.2) is 0 Å². The number of nitrogens with zero attached hydrogens (tertiary/aromatic N) is 1. The topological polar surface area (TPSA) is 173 Å². The number of benzene rings is 1. The van der Waals surface area contributed by atoms with Crippen LogP contribution in [0.15, 0.2) is 23.1 Å². The van der Waals surface area contributed by atoms with Crippen LogP contribution in [0.5, 0.6) is 0 Å². The Balaban J connectivity index is 3.18. The molecule has 5 N–H and O–H groups in total. The first-order chi connectivity index (χ1) is 9.65.